The molecule has 0 aliphatic carbocycles. The summed E-state index contributed by atoms with van der Waals surface area (Å²) in [6, 6.07) is 4.30. The summed E-state index contributed by atoms with van der Waals surface area (Å²) in [5.74, 6) is 2.46. The first kappa shape index (κ1) is 14.7. The van der Waals surface area contributed by atoms with Crippen LogP contribution in [0.15, 0.2) is 12.1 Å². The first-order chi connectivity index (χ1) is 10.2. The molecule has 0 spiro atoms. The van der Waals surface area contributed by atoms with E-state index in [1.807, 2.05) is 11.3 Å². The number of hydrogen-bond acceptors (Lipinski definition) is 4. The minimum atomic E-state index is 0.646. The van der Waals surface area contributed by atoms with Gasteiger partial charge in [0.1, 0.15) is 13.2 Å². The molecular formula is C17H23NO2S. The fraction of sp³-hybridized carbons (Fsp3) is 0.529. The van der Waals surface area contributed by atoms with Gasteiger partial charge in [0.05, 0.1) is 0 Å². The van der Waals surface area contributed by atoms with E-state index in [-0.39, 0.29) is 0 Å². The van der Waals surface area contributed by atoms with Crippen LogP contribution in [0, 0.1) is 5.92 Å². The molecule has 114 valence electrons. The van der Waals surface area contributed by atoms with Crippen LogP contribution in [-0.2, 0) is 13.0 Å². The van der Waals surface area contributed by atoms with E-state index in [1.54, 1.807) is 0 Å². The molecule has 0 atom stereocenters. The first-order valence-corrected chi connectivity index (χ1v) is 8.55. The van der Waals surface area contributed by atoms with Crippen LogP contribution in [0.4, 0.5) is 0 Å². The van der Waals surface area contributed by atoms with Crippen LogP contribution in [0.1, 0.15) is 31.2 Å². The van der Waals surface area contributed by atoms with Crippen LogP contribution in [0.25, 0.3) is 10.1 Å². The number of benzene rings is 1. The predicted octanol–water partition coefficient (Wildman–Crippen LogP) is 3.98. The Bertz CT molecular complexity index is 633. The molecule has 21 heavy (non-hydrogen) atoms. The Hall–Kier alpha value is -1.26. The Labute approximate surface area is 130 Å². The molecule has 1 aliphatic heterocycles. The number of hydrogen-bond donors (Lipinski definition) is 1. The van der Waals surface area contributed by atoms with Gasteiger partial charge in [-0.25, -0.2) is 0 Å². The van der Waals surface area contributed by atoms with Crippen LogP contribution >= 0.6 is 11.3 Å². The molecule has 1 aromatic heterocycles. The molecule has 2 heterocycles. The third kappa shape index (κ3) is 3.01. The lowest BCUT2D eigenvalue weighted by Gasteiger charge is -2.18. The maximum atomic E-state index is 5.72. The summed E-state index contributed by atoms with van der Waals surface area (Å²) in [7, 11) is 0. The second-order valence-corrected chi connectivity index (χ2v) is 7.01. The van der Waals surface area contributed by atoms with E-state index in [9.17, 15) is 0 Å². The number of rotatable bonds is 5. The average Bonchev–Trinajstić information content (AvgIpc) is 2.80. The highest BCUT2D eigenvalue weighted by Crippen LogP contribution is 2.40. The van der Waals surface area contributed by atoms with Crippen molar-refractivity contribution in [2.24, 2.45) is 5.92 Å². The van der Waals surface area contributed by atoms with Gasteiger partial charge >= 0.3 is 0 Å². The highest BCUT2D eigenvalue weighted by Gasteiger charge is 2.17. The molecule has 0 fully saturated rings. The fourth-order valence-corrected chi connectivity index (χ4v) is 4.01. The third-order valence-corrected chi connectivity index (χ3v) is 4.93. The molecule has 1 aromatic carbocycles. The molecular weight excluding hydrogens is 282 g/mol. The molecule has 0 radical (unpaired) electrons. The zero-order chi connectivity index (χ0) is 14.8. The number of fused-ring (bicyclic) bond motifs is 2. The van der Waals surface area contributed by atoms with Crippen molar-refractivity contribution in [3.05, 3.63) is 22.6 Å². The summed E-state index contributed by atoms with van der Waals surface area (Å²) < 4.78 is 12.7. The van der Waals surface area contributed by atoms with Gasteiger partial charge in [0.2, 0.25) is 0 Å². The van der Waals surface area contributed by atoms with Gasteiger partial charge in [-0.05, 0) is 35.9 Å². The van der Waals surface area contributed by atoms with Crippen molar-refractivity contribution in [3.8, 4) is 11.5 Å². The maximum absolute atomic E-state index is 5.72. The van der Waals surface area contributed by atoms with Crippen molar-refractivity contribution in [2.45, 2.75) is 33.7 Å². The van der Waals surface area contributed by atoms with E-state index >= 15 is 0 Å². The molecule has 3 nitrogen and oxygen atoms in total. The lowest BCUT2D eigenvalue weighted by molar-refractivity contribution is 0.172. The molecule has 4 heteroatoms. The van der Waals surface area contributed by atoms with Crippen LogP contribution in [0.5, 0.6) is 11.5 Å². The lowest BCUT2D eigenvalue weighted by atomic mass is 10.1. The zero-order valence-electron chi connectivity index (χ0n) is 13.0. The quantitative estimate of drug-likeness (QED) is 0.906. The summed E-state index contributed by atoms with van der Waals surface area (Å²) in [6.45, 7) is 10.0. The normalized spacial score (nSPS) is 14.1. The summed E-state index contributed by atoms with van der Waals surface area (Å²) in [4.78, 5) is 1.44. The van der Waals surface area contributed by atoms with Crippen molar-refractivity contribution < 1.29 is 9.47 Å². The second-order valence-electron chi connectivity index (χ2n) is 5.87. The number of aryl methyl sites for hydroxylation is 1. The Kier molecular flexibility index (Phi) is 4.36. The molecule has 0 unspecified atom stereocenters. The number of nitrogens with one attached hydrogen (secondary N) is 1. The molecule has 0 bridgehead atoms. The SMILES string of the molecule is CCc1c(CNCC(C)C)sc2cc3c(cc12)OCCO3. The predicted molar refractivity (Wildman–Crippen MR) is 88.7 cm³/mol. The van der Waals surface area contributed by atoms with E-state index in [0.29, 0.717) is 19.1 Å². The summed E-state index contributed by atoms with van der Waals surface area (Å²) in [5.41, 5.74) is 1.45. The fourth-order valence-electron chi connectivity index (χ4n) is 2.74. The standard InChI is InChI=1S/C17H23NO2S/c1-4-12-13-7-14-15(20-6-5-19-14)8-16(13)21-17(12)10-18-9-11(2)3/h7-8,11,18H,4-6,9-10H2,1-3H3. The Morgan fingerprint density at radius 1 is 1.19 bits per heavy atom. The number of thiophene rings is 1. The molecule has 0 saturated carbocycles. The second kappa shape index (κ2) is 6.24. The highest BCUT2D eigenvalue weighted by atomic mass is 32.1. The summed E-state index contributed by atoms with van der Waals surface area (Å²) in [5, 5.41) is 4.88. The first-order valence-electron chi connectivity index (χ1n) is 7.73. The summed E-state index contributed by atoms with van der Waals surface area (Å²) in [6.07, 6.45) is 1.05. The van der Waals surface area contributed by atoms with Crippen molar-refractivity contribution in [3.63, 3.8) is 0 Å². The Morgan fingerprint density at radius 3 is 2.57 bits per heavy atom. The maximum Gasteiger partial charge on any atom is 0.162 e. The molecule has 0 amide bonds. The van der Waals surface area contributed by atoms with E-state index < -0.39 is 0 Å². The Morgan fingerprint density at radius 2 is 1.90 bits per heavy atom. The number of ether oxygens (including phenoxy) is 2. The van der Waals surface area contributed by atoms with Crippen LogP contribution in [0.3, 0.4) is 0 Å². The molecule has 1 N–H and O–H groups in total. The topological polar surface area (TPSA) is 30.5 Å². The van der Waals surface area contributed by atoms with Gasteiger partial charge in [0.25, 0.3) is 0 Å². The van der Waals surface area contributed by atoms with E-state index in [0.717, 1.165) is 31.0 Å². The highest BCUT2D eigenvalue weighted by molar-refractivity contribution is 7.19. The lowest BCUT2D eigenvalue weighted by Crippen LogP contribution is -2.18. The monoisotopic (exact) mass is 305 g/mol. The smallest absolute Gasteiger partial charge is 0.162 e. The van der Waals surface area contributed by atoms with Crippen LogP contribution in [-0.4, -0.2) is 19.8 Å². The zero-order valence-corrected chi connectivity index (χ0v) is 13.8. The minimum Gasteiger partial charge on any atom is -0.486 e. The average molecular weight is 305 g/mol. The van der Waals surface area contributed by atoms with E-state index in [2.05, 4.69) is 38.2 Å². The van der Waals surface area contributed by atoms with Crippen molar-refractivity contribution in [2.75, 3.05) is 19.8 Å². The third-order valence-electron chi connectivity index (χ3n) is 3.73. The molecule has 3 rings (SSSR count). The van der Waals surface area contributed by atoms with E-state index in [1.165, 1.54) is 20.5 Å². The largest absolute Gasteiger partial charge is 0.486 e. The van der Waals surface area contributed by atoms with Gasteiger partial charge in [0.15, 0.2) is 11.5 Å². The molecule has 1 aliphatic rings. The van der Waals surface area contributed by atoms with Gasteiger partial charge in [0, 0.05) is 22.2 Å². The minimum absolute atomic E-state index is 0.646. The van der Waals surface area contributed by atoms with Crippen LogP contribution < -0.4 is 14.8 Å². The van der Waals surface area contributed by atoms with Gasteiger partial charge in [-0.1, -0.05) is 20.8 Å². The molecule has 0 saturated heterocycles. The van der Waals surface area contributed by atoms with Crippen molar-refractivity contribution >= 4 is 21.4 Å². The summed E-state index contributed by atoms with van der Waals surface area (Å²) >= 11 is 1.87. The van der Waals surface area contributed by atoms with Gasteiger partial charge < -0.3 is 14.8 Å². The van der Waals surface area contributed by atoms with Crippen LogP contribution in [0.2, 0.25) is 0 Å². The Balaban J connectivity index is 1.93. The van der Waals surface area contributed by atoms with Gasteiger partial charge in [-0.3, -0.25) is 0 Å². The van der Waals surface area contributed by atoms with Crippen molar-refractivity contribution in [1.82, 2.24) is 5.32 Å². The van der Waals surface area contributed by atoms with Gasteiger partial charge in [-0.15, -0.1) is 11.3 Å². The van der Waals surface area contributed by atoms with Crippen molar-refractivity contribution in [1.29, 1.82) is 0 Å². The molecule has 2 aromatic rings. The van der Waals surface area contributed by atoms with Gasteiger partial charge in [-0.2, -0.15) is 0 Å². The van der Waals surface area contributed by atoms with E-state index in [4.69, 9.17) is 9.47 Å².